The van der Waals surface area contributed by atoms with Crippen molar-refractivity contribution in [3.8, 4) is 28.7 Å². The number of carbonyl (C=O) groups excluding carboxylic acids is 1. The third-order valence-electron chi connectivity index (χ3n) is 4.97. The Morgan fingerprint density at radius 2 is 1.77 bits per heavy atom. The zero-order valence-electron chi connectivity index (χ0n) is 17.1. The number of nitrogens with one attached hydrogen (secondary N) is 1. The first-order chi connectivity index (χ1) is 14.7. The molecule has 0 radical (unpaired) electrons. The predicted molar refractivity (Wildman–Crippen MR) is 112 cm³/mol. The van der Waals surface area contributed by atoms with Crippen molar-refractivity contribution in [1.29, 1.82) is 0 Å². The molecule has 0 saturated carbocycles. The number of ether oxygens (including phenoxy) is 5. The molecule has 30 heavy (non-hydrogen) atoms. The van der Waals surface area contributed by atoms with Gasteiger partial charge < -0.3 is 29.0 Å². The van der Waals surface area contributed by atoms with E-state index in [1.165, 1.54) is 6.08 Å². The zero-order valence-corrected chi connectivity index (χ0v) is 17.1. The van der Waals surface area contributed by atoms with Crippen LogP contribution < -0.4 is 29.0 Å². The van der Waals surface area contributed by atoms with Crippen LogP contribution in [0.15, 0.2) is 36.4 Å². The maximum atomic E-state index is 12.5. The Hall–Kier alpha value is -3.35. The second kappa shape index (κ2) is 8.98. The Morgan fingerprint density at radius 3 is 2.53 bits per heavy atom. The van der Waals surface area contributed by atoms with Gasteiger partial charge in [-0.1, -0.05) is 13.0 Å². The lowest BCUT2D eigenvalue weighted by molar-refractivity contribution is -0.117. The van der Waals surface area contributed by atoms with Gasteiger partial charge in [-0.15, -0.1) is 0 Å². The fourth-order valence-corrected chi connectivity index (χ4v) is 3.48. The van der Waals surface area contributed by atoms with Crippen LogP contribution >= 0.6 is 0 Å². The third-order valence-corrected chi connectivity index (χ3v) is 4.97. The molecule has 2 aliphatic rings. The lowest BCUT2D eigenvalue weighted by atomic mass is 10.0. The molecule has 0 aromatic heterocycles. The van der Waals surface area contributed by atoms with E-state index in [0.717, 1.165) is 23.3 Å². The van der Waals surface area contributed by atoms with Gasteiger partial charge in [-0.05, 0) is 47.9 Å². The van der Waals surface area contributed by atoms with Crippen LogP contribution in [0, 0.1) is 0 Å². The summed E-state index contributed by atoms with van der Waals surface area (Å²) < 4.78 is 27.8. The summed E-state index contributed by atoms with van der Waals surface area (Å²) in [5.41, 5.74) is 1.77. The molecule has 2 heterocycles. The Balaban J connectivity index is 1.46. The number of hydrogen-bond donors (Lipinski definition) is 1. The molecule has 7 nitrogen and oxygen atoms in total. The van der Waals surface area contributed by atoms with E-state index >= 15 is 0 Å². The predicted octanol–water partition coefficient (Wildman–Crippen LogP) is 3.52. The Morgan fingerprint density at radius 1 is 1.03 bits per heavy atom. The molecule has 158 valence electrons. The van der Waals surface area contributed by atoms with Gasteiger partial charge in [0.2, 0.25) is 11.7 Å². The van der Waals surface area contributed by atoms with Gasteiger partial charge in [-0.25, -0.2) is 0 Å². The Bertz CT molecular complexity index is 938. The molecule has 0 bridgehead atoms. The van der Waals surface area contributed by atoms with E-state index in [1.807, 2.05) is 37.3 Å². The van der Waals surface area contributed by atoms with Crippen LogP contribution in [0.3, 0.4) is 0 Å². The smallest absolute Gasteiger partial charge is 0.244 e. The van der Waals surface area contributed by atoms with E-state index in [2.05, 4.69) is 5.32 Å². The van der Waals surface area contributed by atoms with E-state index in [4.69, 9.17) is 23.7 Å². The van der Waals surface area contributed by atoms with E-state index < -0.39 is 0 Å². The quantitative estimate of drug-likeness (QED) is 0.733. The normalized spacial score (nSPS) is 15.5. The van der Waals surface area contributed by atoms with Crippen LogP contribution in [0.25, 0.3) is 6.08 Å². The van der Waals surface area contributed by atoms with Crippen molar-refractivity contribution >= 4 is 12.0 Å². The van der Waals surface area contributed by atoms with Gasteiger partial charge in [0.25, 0.3) is 0 Å². The summed E-state index contributed by atoms with van der Waals surface area (Å²) in [5.74, 6) is 3.04. The molecule has 4 rings (SSSR count). The lowest BCUT2D eigenvalue weighted by Crippen LogP contribution is -2.26. The summed E-state index contributed by atoms with van der Waals surface area (Å²) in [4.78, 5) is 12.5. The molecule has 2 aliphatic heterocycles. The number of fused-ring (bicyclic) bond motifs is 2. The maximum Gasteiger partial charge on any atom is 0.244 e. The molecular weight excluding hydrogens is 386 g/mol. The van der Waals surface area contributed by atoms with Gasteiger partial charge in [0.15, 0.2) is 23.0 Å². The molecule has 1 atom stereocenters. The minimum absolute atomic E-state index is 0.132. The number of amides is 1. The van der Waals surface area contributed by atoms with E-state index in [0.29, 0.717) is 49.4 Å². The van der Waals surface area contributed by atoms with E-state index in [9.17, 15) is 4.79 Å². The highest BCUT2D eigenvalue weighted by Gasteiger charge is 2.19. The van der Waals surface area contributed by atoms with Gasteiger partial charge in [0.05, 0.1) is 13.2 Å². The van der Waals surface area contributed by atoms with Crippen molar-refractivity contribution in [2.45, 2.75) is 19.4 Å². The van der Waals surface area contributed by atoms with Gasteiger partial charge in [0.1, 0.15) is 26.4 Å². The summed E-state index contributed by atoms with van der Waals surface area (Å²) >= 11 is 0. The fourth-order valence-electron chi connectivity index (χ4n) is 3.48. The average molecular weight is 411 g/mol. The van der Waals surface area contributed by atoms with Crippen molar-refractivity contribution in [2.24, 2.45) is 0 Å². The van der Waals surface area contributed by atoms with Crippen LogP contribution in [0.2, 0.25) is 0 Å². The third kappa shape index (κ3) is 4.30. The van der Waals surface area contributed by atoms with Gasteiger partial charge in [0, 0.05) is 6.08 Å². The maximum absolute atomic E-state index is 12.5. The number of methoxy groups -OCH3 is 1. The first kappa shape index (κ1) is 19.9. The fraction of sp³-hybridized carbons (Fsp3) is 0.348. The highest BCUT2D eigenvalue weighted by Crippen LogP contribution is 2.40. The molecular formula is C23H25NO6. The van der Waals surface area contributed by atoms with Crippen molar-refractivity contribution in [3.63, 3.8) is 0 Å². The largest absolute Gasteiger partial charge is 0.493 e. The molecule has 1 unspecified atom stereocenters. The van der Waals surface area contributed by atoms with E-state index in [-0.39, 0.29) is 11.9 Å². The van der Waals surface area contributed by atoms with Crippen LogP contribution in [0.5, 0.6) is 28.7 Å². The summed E-state index contributed by atoms with van der Waals surface area (Å²) in [7, 11) is 1.58. The summed E-state index contributed by atoms with van der Waals surface area (Å²) in [6.45, 7) is 4.07. The lowest BCUT2D eigenvalue weighted by Gasteiger charge is -2.22. The molecule has 0 saturated heterocycles. The summed E-state index contributed by atoms with van der Waals surface area (Å²) in [5, 5.41) is 3.04. The molecule has 2 aromatic rings. The molecule has 1 amide bonds. The highest BCUT2D eigenvalue weighted by molar-refractivity contribution is 5.92. The minimum Gasteiger partial charge on any atom is -0.493 e. The van der Waals surface area contributed by atoms with Crippen molar-refractivity contribution in [3.05, 3.63) is 47.5 Å². The summed E-state index contributed by atoms with van der Waals surface area (Å²) in [6, 6.07) is 9.28. The van der Waals surface area contributed by atoms with Crippen LogP contribution in [0.4, 0.5) is 0 Å². The number of benzene rings is 2. The molecule has 7 heteroatoms. The molecule has 0 aliphatic carbocycles. The minimum atomic E-state index is -0.189. The van der Waals surface area contributed by atoms with Crippen LogP contribution in [0.1, 0.15) is 30.5 Å². The molecule has 2 aromatic carbocycles. The number of carbonyl (C=O) groups is 1. The molecule has 0 spiro atoms. The second-order valence-corrected chi connectivity index (χ2v) is 6.95. The average Bonchev–Trinajstić information content (AvgIpc) is 2.80. The van der Waals surface area contributed by atoms with Crippen LogP contribution in [-0.2, 0) is 4.79 Å². The van der Waals surface area contributed by atoms with E-state index in [1.54, 1.807) is 13.2 Å². The molecule has 0 fully saturated rings. The monoisotopic (exact) mass is 411 g/mol. The van der Waals surface area contributed by atoms with Crippen molar-refractivity contribution in [2.75, 3.05) is 33.5 Å². The van der Waals surface area contributed by atoms with Crippen molar-refractivity contribution < 1.29 is 28.5 Å². The first-order valence-electron chi connectivity index (χ1n) is 10.0. The second-order valence-electron chi connectivity index (χ2n) is 6.95. The zero-order chi connectivity index (χ0) is 20.9. The number of rotatable bonds is 6. The SMILES string of the molecule is CCC(NC(=O)C=Cc1cc(OC)c2c(c1)OCCO2)c1ccc2c(c1)OCCO2. The highest BCUT2D eigenvalue weighted by atomic mass is 16.6. The van der Waals surface area contributed by atoms with Gasteiger partial charge >= 0.3 is 0 Å². The standard InChI is InChI=1S/C23H25NO6/c1-3-17(16-5-6-18-19(14-16)28-9-8-27-18)24-22(25)7-4-15-12-20(26-2)23-21(13-15)29-10-11-30-23/h4-7,12-14,17H,3,8-11H2,1-2H3,(H,24,25). The summed E-state index contributed by atoms with van der Waals surface area (Å²) in [6.07, 6.45) is 3.98. The van der Waals surface area contributed by atoms with Crippen molar-refractivity contribution in [1.82, 2.24) is 5.32 Å². The van der Waals surface area contributed by atoms with Crippen LogP contribution in [-0.4, -0.2) is 39.4 Å². The van der Waals surface area contributed by atoms with Gasteiger partial charge in [-0.2, -0.15) is 0 Å². The Labute approximate surface area is 175 Å². The van der Waals surface area contributed by atoms with Gasteiger partial charge in [-0.3, -0.25) is 4.79 Å². The number of hydrogen-bond acceptors (Lipinski definition) is 6. The Kier molecular flexibility index (Phi) is 5.97. The molecule has 1 N–H and O–H groups in total. The topological polar surface area (TPSA) is 75.3 Å². The first-order valence-corrected chi connectivity index (χ1v) is 10.0.